The van der Waals surface area contributed by atoms with Crippen LogP contribution >= 0.6 is 11.6 Å². The number of aromatic nitrogens is 3. The molecule has 0 unspecified atom stereocenters. The highest BCUT2D eigenvalue weighted by atomic mass is 35.5. The van der Waals surface area contributed by atoms with E-state index < -0.39 is 5.91 Å². The Morgan fingerprint density at radius 1 is 1.39 bits per heavy atom. The summed E-state index contributed by atoms with van der Waals surface area (Å²) in [6.07, 6.45) is 5.56. The van der Waals surface area contributed by atoms with Crippen LogP contribution < -0.4 is 15.6 Å². The van der Waals surface area contributed by atoms with Crippen LogP contribution in [0.15, 0.2) is 29.1 Å². The second-order valence-corrected chi connectivity index (χ2v) is 7.83. The molecule has 0 spiro atoms. The van der Waals surface area contributed by atoms with Gasteiger partial charge in [0.25, 0.3) is 11.5 Å². The van der Waals surface area contributed by atoms with E-state index in [1.165, 1.54) is 0 Å². The summed E-state index contributed by atoms with van der Waals surface area (Å²) < 4.78 is 9.14. The lowest BCUT2D eigenvalue weighted by atomic mass is 10.2. The van der Waals surface area contributed by atoms with Crippen LogP contribution in [0.5, 0.6) is 5.75 Å². The highest BCUT2D eigenvalue weighted by Gasteiger charge is 2.28. The third kappa shape index (κ3) is 4.44. The average molecular weight is 441 g/mol. The van der Waals surface area contributed by atoms with E-state index in [1.807, 2.05) is 39.0 Å². The smallest absolute Gasteiger partial charge is 0.272 e. The van der Waals surface area contributed by atoms with E-state index in [9.17, 15) is 9.59 Å². The van der Waals surface area contributed by atoms with Gasteiger partial charge in [-0.05, 0) is 31.5 Å². The van der Waals surface area contributed by atoms with Crippen molar-refractivity contribution >= 4 is 28.5 Å². The van der Waals surface area contributed by atoms with Crippen LogP contribution in [0.4, 0.5) is 0 Å². The zero-order valence-electron chi connectivity index (χ0n) is 18.0. The molecule has 0 saturated carbocycles. The summed E-state index contributed by atoms with van der Waals surface area (Å²) in [5.74, 6) is 2.77. The van der Waals surface area contributed by atoms with Gasteiger partial charge in [-0.3, -0.25) is 14.2 Å². The fraction of sp³-hybridized carbons (Fsp3) is 0.348. The summed E-state index contributed by atoms with van der Waals surface area (Å²) in [4.78, 5) is 31.2. The van der Waals surface area contributed by atoms with E-state index in [-0.39, 0.29) is 35.0 Å². The fourth-order valence-electron chi connectivity index (χ4n) is 3.48. The number of hydrogen-bond acceptors (Lipinski definition) is 4. The summed E-state index contributed by atoms with van der Waals surface area (Å²) in [6.45, 7) is 5.96. The molecule has 1 aromatic carbocycles. The Morgan fingerprint density at radius 3 is 2.74 bits per heavy atom. The van der Waals surface area contributed by atoms with Crippen LogP contribution in [0.25, 0.3) is 11.0 Å². The van der Waals surface area contributed by atoms with Gasteiger partial charge in [-0.1, -0.05) is 36.6 Å². The molecule has 162 valence electrons. The molecule has 0 aliphatic carbocycles. The molecule has 0 aliphatic rings. The van der Waals surface area contributed by atoms with E-state index in [2.05, 4.69) is 11.2 Å². The highest BCUT2D eigenvalue weighted by molar-refractivity contribution is 6.30. The maximum absolute atomic E-state index is 13.6. The summed E-state index contributed by atoms with van der Waals surface area (Å²) in [5, 5.41) is 3.50. The van der Waals surface area contributed by atoms with Crippen LogP contribution in [-0.2, 0) is 20.0 Å². The van der Waals surface area contributed by atoms with Gasteiger partial charge in [0.1, 0.15) is 11.2 Å². The van der Waals surface area contributed by atoms with Gasteiger partial charge in [0.05, 0.1) is 19.2 Å². The summed E-state index contributed by atoms with van der Waals surface area (Å²) >= 11 is 6.12. The minimum atomic E-state index is -0.423. The first-order valence-electron chi connectivity index (χ1n) is 10.0. The number of hydrogen-bond donors (Lipinski definition) is 1. The van der Waals surface area contributed by atoms with Crippen LogP contribution in [0, 0.1) is 12.3 Å². The van der Waals surface area contributed by atoms with Crippen molar-refractivity contribution in [3.05, 3.63) is 56.7 Å². The predicted molar refractivity (Wildman–Crippen MR) is 122 cm³/mol. The van der Waals surface area contributed by atoms with Crippen LogP contribution in [0.1, 0.15) is 42.6 Å². The molecule has 31 heavy (non-hydrogen) atoms. The minimum absolute atomic E-state index is 0.0636. The predicted octanol–water partition coefficient (Wildman–Crippen LogP) is 3.15. The van der Waals surface area contributed by atoms with E-state index in [1.54, 1.807) is 22.2 Å². The number of aryl methyl sites for hydroxylation is 2. The van der Waals surface area contributed by atoms with Gasteiger partial charge >= 0.3 is 0 Å². The van der Waals surface area contributed by atoms with Crippen LogP contribution in [0.2, 0.25) is 5.02 Å². The average Bonchev–Trinajstić information content (AvgIpc) is 2.99. The van der Waals surface area contributed by atoms with Gasteiger partial charge in [0.2, 0.25) is 0 Å². The molecule has 1 amide bonds. The number of nitrogens with zero attached hydrogens (tertiary/aromatic N) is 3. The van der Waals surface area contributed by atoms with Crippen molar-refractivity contribution in [2.24, 2.45) is 7.05 Å². The molecule has 3 aromatic rings. The Balaban J connectivity index is 2.28. The molecule has 0 bridgehead atoms. The van der Waals surface area contributed by atoms with Gasteiger partial charge in [-0.15, -0.1) is 6.42 Å². The molecule has 2 aromatic heterocycles. The summed E-state index contributed by atoms with van der Waals surface area (Å²) in [7, 11) is 1.69. The van der Waals surface area contributed by atoms with Crippen molar-refractivity contribution in [1.82, 2.24) is 19.4 Å². The largest absolute Gasteiger partial charge is 0.488 e. The minimum Gasteiger partial charge on any atom is -0.488 e. The van der Waals surface area contributed by atoms with Crippen molar-refractivity contribution in [1.29, 1.82) is 0 Å². The first kappa shape index (κ1) is 22.4. The van der Waals surface area contributed by atoms with Crippen molar-refractivity contribution in [2.75, 3.05) is 6.54 Å². The van der Waals surface area contributed by atoms with E-state index in [4.69, 9.17) is 27.7 Å². The Kier molecular flexibility index (Phi) is 6.71. The Hall–Kier alpha value is -3.24. The Labute approximate surface area is 186 Å². The lowest BCUT2D eigenvalue weighted by Crippen LogP contribution is -2.26. The number of terminal acetylenes is 1. The maximum atomic E-state index is 13.6. The number of halogens is 1. The van der Waals surface area contributed by atoms with Gasteiger partial charge in [-0.25, -0.2) is 4.98 Å². The van der Waals surface area contributed by atoms with Gasteiger partial charge < -0.3 is 14.6 Å². The fourth-order valence-corrected chi connectivity index (χ4v) is 3.69. The van der Waals surface area contributed by atoms with E-state index >= 15 is 0 Å². The van der Waals surface area contributed by atoms with Gasteiger partial charge in [0.15, 0.2) is 17.1 Å². The second kappa shape index (κ2) is 9.27. The molecule has 0 aliphatic heterocycles. The lowest BCUT2D eigenvalue weighted by Gasteiger charge is -2.13. The maximum Gasteiger partial charge on any atom is 0.272 e. The number of fused-ring (bicyclic) bond motifs is 1. The molecule has 0 radical (unpaired) electrons. The molecular weight excluding hydrogens is 416 g/mol. The molecular formula is C23H25ClN4O3. The number of carbonyl (C=O) groups is 1. The SMILES string of the molecule is C#CCNC(=O)c1c(OC(C)C)c2c(=O)n(Cc3cccc(Cl)c3)c(CC)nc2n1C. The molecule has 0 fully saturated rings. The van der Waals surface area contributed by atoms with Crippen molar-refractivity contribution in [3.8, 4) is 18.1 Å². The van der Waals surface area contributed by atoms with Crippen LogP contribution in [-0.4, -0.2) is 32.7 Å². The zero-order valence-corrected chi connectivity index (χ0v) is 18.8. The molecule has 0 atom stereocenters. The van der Waals surface area contributed by atoms with E-state index in [0.29, 0.717) is 29.5 Å². The van der Waals surface area contributed by atoms with Crippen molar-refractivity contribution < 1.29 is 9.53 Å². The molecule has 8 heteroatoms. The second-order valence-electron chi connectivity index (χ2n) is 7.39. The topological polar surface area (TPSA) is 78.2 Å². The molecule has 3 rings (SSSR count). The Bertz CT molecular complexity index is 1230. The highest BCUT2D eigenvalue weighted by Crippen LogP contribution is 2.31. The summed E-state index contributed by atoms with van der Waals surface area (Å²) in [5.41, 5.74) is 1.21. The number of carbonyl (C=O) groups excluding carboxylic acids is 1. The molecule has 7 nitrogen and oxygen atoms in total. The lowest BCUT2D eigenvalue weighted by molar-refractivity contribution is 0.0945. The first-order valence-corrected chi connectivity index (χ1v) is 10.4. The standard InChI is InChI=1S/C23H25ClN4O3/c1-6-11-25-22(29)19-20(31-14(3)4)18-21(27(19)5)26-17(7-2)28(23(18)30)13-15-9-8-10-16(24)12-15/h1,8-10,12,14H,7,11,13H2,2-5H3,(H,25,29). The van der Waals surface area contributed by atoms with Gasteiger partial charge in [0, 0.05) is 18.5 Å². The normalized spacial score (nSPS) is 11.0. The monoisotopic (exact) mass is 440 g/mol. The molecule has 1 N–H and O–H groups in total. The third-order valence-electron chi connectivity index (χ3n) is 4.79. The number of amides is 1. The molecule has 2 heterocycles. The number of nitrogens with one attached hydrogen (secondary N) is 1. The zero-order chi connectivity index (χ0) is 22.7. The van der Waals surface area contributed by atoms with Crippen LogP contribution in [0.3, 0.4) is 0 Å². The molecule has 0 saturated heterocycles. The number of ether oxygens (including phenoxy) is 1. The van der Waals surface area contributed by atoms with Crippen molar-refractivity contribution in [2.45, 2.75) is 39.8 Å². The Morgan fingerprint density at radius 2 is 2.13 bits per heavy atom. The van der Waals surface area contributed by atoms with Gasteiger partial charge in [-0.2, -0.15) is 0 Å². The summed E-state index contributed by atoms with van der Waals surface area (Å²) in [6, 6.07) is 7.33. The first-order chi connectivity index (χ1) is 14.8. The number of benzene rings is 1. The quantitative estimate of drug-likeness (QED) is 0.572. The van der Waals surface area contributed by atoms with E-state index in [0.717, 1.165) is 5.56 Å². The number of rotatable bonds is 7. The van der Waals surface area contributed by atoms with Crippen molar-refractivity contribution in [3.63, 3.8) is 0 Å². The third-order valence-corrected chi connectivity index (χ3v) is 5.03.